The number of aliphatic imine (C=N–C) groups is 1. The van der Waals surface area contributed by atoms with Crippen LogP contribution in [0.3, 0.4) is 0 Å². The lowest BCUT2D eigenvalue weighted by Crippen LogP contribution is -1.99. The minimum Gasteiger partial charge on any atom is -0.390 e. The lowest BCUT2D eigenvalue weighted by atomic mass is 10.2. The van der Waals surface area contributed by atoms with E-state index in [0.29, 0.717) is 0 Å². The quantitative estimate of drug-likeness (QED) is 0.329. The third-order valence-corrected chi connectivity index (χ3v) is 0.848. The van der Waals surface area contributed by atoms with Crippen molar-refractivity contribution in [3.63, 3.8) is 0 Å². The zero-order valence-electron chi connectivity index (χ0n) is 5.17. The SMILES string of the molecule is C=CCC(C)N=CN. The summed E-state index contributed by atoms with van der Waals surface area (Å²) in [5.74, 6) is 0. The van der Waals surface area contributed by atoms with Crippen molar-refractivity contribution in [2.24, 2.45) is 10.7 Å². The van der Waals surface area contributed by atoms with Crippen LogP contribution >= 0.6 is 0 Å². The van der Waals surface area contributed by atoms with E-state index in [1.165, 1.54) is 6.34 Å². The van der Waals surface area contributed by atoms with Gasteiger partial charge in [0.05, 0.1) is 12.4 Å². The standard InChI is InChI=1S/C6H12N2/c1-3-4-6(2)8-5-7/h3,5-6H,1,4H2,2H3,(H2,7,8). The molecule has 0 aliphatic carbocycles. The van der Waals surface area contributed by atoms with Crippen molar-refractivity contribution >= 4 is 6.34 Å². The predicted octanol–water partition coefficient (Wildman–Crippen LogP) is 0.938. The summed E-state index contributed by atoms with van der Waals surface area (Å²) in [6, 6.07) is 0.289. The number of nitrogens with zero attached hydrogens (tertiary/aromatic N) is 1. The molecule has 46 valence electrons. The second-order valence-corrected chi connectivity index (χ2v) is 1.67. The highest BCUT2D eigenvalue weighted by atomic mass is 14.8. The van der Waals surface area contributed by atoms with Gasteiger partial charge in [0.1, 0.15) is 0 Å². The van der Waals surface area contributed by atoms with Gasteiger partial charge in [-0.1, -0.05) is 6.08 Å². The van der Waals surface area contributed by atoms with Crippen LogP contribution < -0.4 is 5.73 Å². The summed E-state index contributed by atoms with van der Waals surface area (Å²) in [5.41, 5.74) is 5.03. The van der Waals surface area contributed by atoms with E-state index in [0.717, 1.165) is 6.42 Å². The van der Waals surface area contributed by atoms with Gasteiger partial charge in [-0.2, -0.15) is 0 Å². The van der Waals surface area contributed by atoms with E-state index in [4.69, 9.17) is 5.73 Å². The van der Waals surface area contributed by atoms with Gasteiger partial charge in [0.15, 0.2) is 0 Å². The fourth-order valence-electron chi connectivity index (χ4n) is 0.449. The third-order valence-electron chi connectivity index (χ3n) is 0.848. The molecule has 2 nitrogen and oxygen atoms in total. The van der Waals surface area contributed by atoms with E-state index in [1.54, 1.807) is 0 Å². The highest BCUT2D eigenvalue weighted by Gasteiger charge is 1.89. The lowest BCUT2D eigenvalue weighted by Gasteiger charge is -1.96. The van der Waals surface area contributed by atoms with Gasteiger partial charge in [0, 0.05) is 0 Å². The summed E-state index contributed by atoms with van der Waals surface area (Å²) >= 11 is 0. The highest BCUT2D eigenvalue weighted by molar-refractivity contribution is 5.51. The first-order valence-corrected chi connectivity index (χ1v) is 2.65. The molecule has 8 heavy (non-hydrogen) atoms. The number of rotatable bonds is 3. The molecule has 0 saturated carbocycles. The molecule has 0 aromatic heterocycles. The molecule has 0 aliphatic rings. The van der Waals surface area contributed by atoms with Crippen molar-refractivity contribution in [2.75, 3.05) is 0 Å². The van der Waals surface area contributed by atoms with E-state index >= 15 is 0 Å². The average molecular weight is 112 g/mol. The number of hydrogen-bond donors (Lipinski definition) is 1. The summed E-state index contributed by atoms with van der Waals surface area (Å²) in [5, 5.41) is 0. The molecule has 0 aliphatic heterocycles. The molecule has 1 unspecified atom stereocenters. The lowest BCUT2D eigenvalue weighted by molar-refractivity contribution is 0.763. The van der Waals surface area contributed by atoms with Crippen LogP contribution in [-0.4, -0.2) is 12.4 Å². The molecular weight excluding hydrogens is 100 g/mol. The fraction of sp³-hybridized carbons (Fsp3) is 0.500. The van der Waals surface area contributed by atoms with Gasteiger partial charge in [-0.3, -0.25) is 4.99 Å². The van der Waals surface area contributed by atoms with Crippen molar-refractivity contribution in [3.05, 3.63) is 12.7 Å². The van der Waals surface area contributed by atoms with Crippen molar-refractivity contribution in [3.8, 4) is 0 Å². The van der Waals surface area contributed by atoms with Crippen LogP contribution in [-0.2, 0) is 0 Å². The zero-order valence-corrected chi connectivity index (χ0v) is 5.17. The van der Waals surface area contributed by atoms with Gasteiger partial charge >= 0.3 is 0 Å². The van der Waals surface area contributed by atoms with Crippen LogP contribution in [0.5, 0.6) is 0 Å². The Morgan fingerprint density at radius 2 is 2.50 bits per heavy atom. The van der Waals surface area contributed by atoms with Gasteiger partial charge in [-0.25, -0.2) is 0 Å². The number of nitrogens with two attached hydrogens (primary N) is 1. The highest BCUT2D eigenvalue weighted by Crippen LogP contribution is 1.93. The maximum absolute atomic E-state index is 5.03. The first kappa shape index (κ1) is 7.21. The van der Waals surface area contributed by atoms with Crippen LogP contribution in [0.4, 0.5) is 0 Å². The second kappa shape index (κ2) is 4.37. The minimum atomic E-state index is 0.289. The molecule has 0 rings (SSSR count). The van der Waals surface area contributed by atoms with Crippen LogP contribution in [0.25, 0.3) is 0 Å². The van der Waals surface area contributed by atoms with Gasteiger partial charge in [-0.15, -0.1) is 6.58 Å². The van der Waals surface area contributed by atoms with Gasteiger partial charge in [0.2, 0.25) is 0 Å². The normalized spacial score (nSPS) is 14.1. The molecular formula is C6H12N2. The Hall–Kier alpha value is -0.790. The second-order valence-electron chi connectivity index (χ2n) is 1.67. The van der Waals surface area contributed by atoms with Crippen LogP contribution in [0.1, 0.15) is 13.3 Å². The fourth-order valence-corrected chi connectivity index (χ4v) is 0.449. The Bertz CT molecular complexity index is 86.5. The van der Waals surface area contributed by atoms with E-state index in [9.17, 15) is 0 Å². The number of hydrogen-bond acceptors (Lipinski definition) is 1. The van der Waals surface area contributed by atoms with E-state index in [2.05, 4.69) is 11.6 Å². The van der Waals surface area contributed by atoms with Crippen LogP contribution in [0.15, 0.2) is 17.6 Å². The molecule has 0 aromatic carbocycles. The van der Waals surface area contributed by atoms with Crippen molar-refractivity contribution in [1.82, 2.24) is 0 Å². The van der Waals surface area contributed by atoms with Crippen LogP contribution in [0.2, 0.25) is 0 Å². The molecule has 2 N–H and O–H groups in total. The summed E-state index contributed by atoms with van der Waals surface area (Å²) < 4.78 is 0. The van der Waals surface area contributed by atoms with Gasteiger partial charge in [-0.05, 0) is 13.3 Å². The Kier molecular flexibility index (Phi) is 3.94. The first-order valence-electron chi connectivity index (χ1n) is 2.65. The predicted molar refractivity (Wildman–Crippen MR) is 37.0 cm³/mol. The smallest absolute Gasteiger partial charge is 0.0801 e. The van der Waals surface area contributed by atoms with Crippen molar-refractivity contribution in [1.29, 1.82) is 0 Å². The summed E-state index contributed by atoms with van der Waals surface area (Å²) in [6.07, 6.45) is 4.06. The molecule has 0 amide bonds. The molecule has 2 heteroatoms. The van der Waals surface area contributed by atoms with E-state index in [1.807, 2.05) is 13.0 Å². The topological polar surface area (TPSA) is 38.4 Å². The van der Waals surface area contributed by atoms with Crippen molar-refractivity contribution in [2.45, 2.75) is 19.4 Å². The Balaban J connectivity index is 3.31. The molecule has 1 atom stereocenters. The van der Waals surface area contributed by atoms with E-state index < -0.39 is 0 Å². The molecule has 0 saturated heterocycles. The molecule has 0 spiro atoms. The van der Waals surface area contributed by atoms with Crippen LogP contribution in [0, 0.1) is 0 Å². The van der Waals surface area contributed by atoms with E-state index in [-0.39, 0.29) is 6.04 Å². The molecule has 0 radical (unpaired) electrons. The largest absolute Gasteiger partial charge is 0.390 e. The first-order chi connectivity index (χ1) is 3.81. The maximum Gasteiger partial charge on any atom is 0.0801 e. The summed E-state index contributed by atoms with van der Waals surface area (Å²) in [6.45, 7) is 5.56. The monoisotopic (exact) mass is 112 g/mol. The van der Waals surface area contributed by atoms with Gasteiger partial charge in [0.25, 0.3) is 0 Å². The molecule has 0 bridgehead atoms. The Labute approximate surface area is 50.1 Å². The maximum atomic E-state index is 5.03. The zero-order chi connectivity index (χ0) is 6.41. The summed E-state index contributed by atoms with van der Waals surface area (Å²) in [7, 11) is 0. The third kappa shape index (κ3) is 3.40. The Morgan fingerprint density at radius 1 is 1.88 bits per heavy atom. The Morgan fingerprint density at radius 3 is 2.88 bits per heavy atom. The van der Waals surface area contributed by atoms with Crippen molar-refractivity contribution < 1.29 is 0 Å². The van der Waals surface area contributed by atoms with Gasteiger partial charge < -0.3 is 5.73 Å². The molecule has 0 heterocycles. The summed E-state index contributed by atoms with van der Waals surface area (Å²) in [4.78, 5) is 3.90. The molecule has 0 fully saturated rings. The molecule has 0 aromatic rings. The minimum absolute atomic E-state index is 0.289. The average Bonchev–Trinajstić information content (AvgIpc) is 1.68.